The third kappa shape index (κ3) is 6.59. The normalized spacial score (nSPS) is 15.9. The van der Waals surface area contributed by atoms with Gasteiger partial charge in [0.15, 0.2) is 0 Å². The molecule has 140 valence electrons. The number of nitrogens with zero attached hydrogens (tertiary/aromatic N) is 2. The molecule has 0 radical (unpaired) electrons. The van der Waals surface area contributed by atoms with Crippen molar-refractivity contribution >= 4 is 23.6 Å². The van der Waals surface area contributed by atoms with E-state index >= 15 is 0 Å². The molecule has 1 saturated heterocycles. The largest absolute Gasteiger partial charge is 0.444 e. The summed E-state index contributed by atoms with van der Waals surface area (Å²) in [5.41, 5.74) is 0.00598. The lowest BCUT2D eigenvalue weighted by molar-refractivity contribution is 0.0144. The molecular formula is C17H27ClN4O3. The third-order valence-electron chi connectivity index (χ3n) is 3.85. The molecule has 0 atom stereocenters. The zero-order valence-electron chi connectivity index (χ0n) is 15.1. The fourth-order valence-corrected chi connectivity index (χ4v) is 2.74. The number of H-pyrrole nitrogens is 1. The number of carbonyl (C=O) groups is 2. The van der Waals surface area contributed by atoms with Crippen LogP contribution in [0.25, 0.3) is 0 Å². The van der Waals surface area contributed by atoms with Crippen LogP contribution in [0.3, 0.4) is 0 Å². The predicted octanol–water partition coefficient (Wildman–Crippen LogP) is 2.34. The molecule has 8 heteroatoms. The Morgan fingerprint density at radius 3 is 2.52 bits per heavy atom. The monoisotopic (exact) mass is 370 g/mol. The fraction of sp³-hybridized carbons (Fsp3) is 0.647. The molecule has 1 aliphatic rings. The van der Waals surface area contributed by atoms with Crippen LogP contribution >= 0.6 is 11.6 Å². The summed E-state index contributed by atoms with van der Waals surface area (Å²) in [6, 6.07) is 1.60. The first-order chi connectivity index (χ1) is 11.7. The van der Waals surface area contributed by atoms with E-state index in [-0.39, 0.29) is 12.0 Å². The Bertz CT molecular complexity index is 589. The Morgan fingerprint density at radius 2 is 1.96 bits per heavy atom. The van der Waals surface area contributed by atoms with Gasteiger partial charge in [-0.05, 0) is 39.8 Å². The molecule has 0 aliphatic carbocycles. The average molecular weight is 371 g/mol. The van der Waals surface area contributed by atoms with Gasteiger partial charge in [0.25, 0.3) is 5.91 Å². The van der Waals surface area contributed by atoms with Gasteiger partial charge in [-0.3, -0.25) is 9.69 Å². The number of amides is 2. The van der Waals surface area contributed by atoms with Crippen LogP contribution in [-0.2, 0) is 4.74 Å². The molecule has 1 aromatic rings. The van der Waals surface area contributed by atoms with Gasteiger partial charge in [-0.2, -0.15) is 0 Å². The van der Waals surface area contributed by atoms with Crippen LogP contribution in [0.5, 0.6) is 0 Å². The van der Waals surface area contributed by atoms with Gasteiger partial charge >= 0.3 is 6.09 Å². The molecule has 0 spiro atoms. The van der Waals surface area contributed by atoms with Crippen LogP contribution in [0.1, 0.15) is 37.7 Å². The van der Waals surface area contributed by atoms with Crippen LogP contribution in [-0.4, -0.2) is 71.7 Å². The van der Waals surface area contributed by atoms with Crippen molar-refractivity contribution in [2.45, 2.75) is 32.8 Å². The van der Waals surface area contributed by atoms with Crippen molar-refractivity contribution in [3.05, 3.63) is 23.0 Å². The maximum absolute atomic E-state index is 12.0. The Balaban J connectivity index is 1.61. The Kier molecular flexibility index (Phi) is 6.72. The number of ether oxygens (including phenoxy) is 1. The molecule has 1 aromatic heterocycles. The highest BCUT2D eigenvalue weighted by Gasteiger charge is 2.25. The maximum atomic E-state index is 12.0. The van der Waals surface area contributed by atoms with Gasteiger partial charge in [-0.1, -0.05) is 11.6 Å². The molecule has 1 aliphatic heterocycles. The minimum Gasteiger partial charge on any atom is -0.444 e. The number of piperazine rings is 1. The van der Waals surface area contributed by atoms with E-state index in [1.165, 1.54) is 0 Å². The first-order valence-electron chi connectivity index (χ1n) is 8.57. The number of halogens is 1. The van der Waals surface area contributed by atoms with E-state index in [1.54, 1.807) is 17.2 Å². The standard InChI is InChI=1S/C17H27ClN4O3/c1-17(2,3)25-16(24)22-9-7-21(8-10-22)6-4-5-19-15(23)14-11-13(18)12-20-14/h11-12,20H,4-10H2,1-3H3,(H,19,23). The van der Waals surface area contributed by atoms with Crippen molar-refractivity contribution in [1.29, 1.82) is 0 Å². The van der Waals surface area contributed by atoms with Gasteiger partial charge in [0, 0.05) is 38.9 Å². The number of carbonyl (C=O) groups excluding carboxylic acids is 2. The summed E-state index contributed by atoms with van der Waals surface area (Å²) in [7, 11) is 0. The molecule has 2 N–H and O–H groups in total. The van der Waals surface area contributed by atoms with E-state index < -0.39 is 5.60 Å². The summed E-state index contributed by atoms with van der Waals surface area (Å²) in [6.07, 6.45) is 2.19. The predicted molar refractivity (Wildman–Crippen MR) is 97.0 cm³/mol. The van der Waals surface area contributed by atoms with Gasteiger partial charge < -0.3 is 19.9 Å². The Morgan fingerprint density at radius 1 is 1.28 bits per heavy atom. The quantitative estimate of drug-likeness (QED) is 0.780. The second-order valence-electron chi connectivity index (χ2n) is 7.15. The third-order valence-corrected chi connectivity index (χ3v) is 4.07. The van der Waals surface area contributed by atoms with Crippen molar-refractivity contribution in [3.63, 3.8) is 0 Å². The summed E-state index contributed by atoms with van der Waals surface area (Å²) in [4.78, 5) is 30.7. The number of nitrogens with one attached hydrogen (secondary N) is 2. The van der Waals surface area contributed by atoms with E-state index in [1.807, 2.05) is 20.8 Å². The zero-order chi connectivity index (χ0) is 18.4. The van der Waals surface area contributed by atoms with Gasteiger partial charge in [-0.15, -0.1) is 0 Å². The average Bonchev–Trinajstić information content (AvgIpc) is 2.97. The molecule has 2 amide bonds. The van der Waals surface area contributed by atoms with Crippen LogP contribution < -0.4 is 5.32 Å². The number of rotatable bonds is 5. The molecule has 0 unspecified atom stereocenters. The topological polar surface area (TPSA) is 77.7 Å². The second-order valence-corrected chi connectivity index (χ2v) is 7.59. The van der Waals surface area contributed by atoms with Crippen molar-refractivity contribution in [2.24, 2.45) is 0 Å². The van der Waals surface area contributed by atoms with Crippen LogP contribution in [0.2, 0.25) is 5.02 Å². The van der Waals surface area contributed by atoms with Gasteiger partial charge in [-0.25, -0.2) is 4.79 Å². The number of aromatic nitrogens is 1. The number of hydrogen-bond acceptors (Lipinski definition) is 4. The lowest BCUT2D eigenvalue weighted by Gasteiger charge is -2.35. The number of hydrogen-bond donors (Lipinski definition) is 2. The highest BCUT2D eigenvalue weighted by Crippen LogP contribution is 2.12. The number of aromatic amines is 1. The highest BCUT2D eigenvalue weighted by molar-refractivity contribution is 6.30. The van der Waals surface area contributed by atoms with Crippen molar-refractivity contribution in [1.82, 2.24) is 20.1 Å². The molecule has 0 aromatic carbocycles. The molecule has 1 fully saturated rings. The van der Waals surface area contributed by atoms with E-state index in [9.17, 15) is 9.59 Å². The molecule has 0 bridgehead atoms. The Labute approximate surface area is 153 Å². The lowest BCUT2D eigenvalue weighted by Crippen LogP contribution is -2.50. The second kappa shape index (κ2) is 8.58. The van der Waals surface area contributed by atoms with Crippen LogP contribution in [0.4, 0.5) is 4.79 Å². The molecule has 2 heterocycles. The van der Waals surface area contributed by atoms with Crippen molar-refractivity contribution < 1.29 is 14.3 Å². The summed E-state index contributed by atoms with van der Waals surface area (Å²) in [6.45, 7) is 10.1. The SMILES string of the molecule is CC(C)(C)OC(=O)N1CCN(CCCNC(=O)c2cc(Cl)c[nH]2)CC1. The van der Waals surface area contributed by atoms with Gasteiger partial charge in [0.1, 0.15) is 11.3 Å². The Hall–Kier alpha value is -1.73. The molecule has 2 rings (SSSR count). The molecule has 0 saturated carbocycles. The van der Waals surface area contributed by atoms with E-state index in [4.69, 9.17) is 16.3 Å². The van der Waals surface area contributed by atoms with Crippen LogP contribution in [0, 0.1) is 0 Å². The summed E-state index contributed by atoms with van der Waals surface area (Å²) >= 11 is 5.78. The smallest absolute Gasteiger partial charge is 0.410 e. The first kappa shape index (κ1) is 19.6. The van der Waals surface area contributed by atoms with Crippen molar-refractivity contribution in [3.8, 4) is 0 Å². The summed E-state index contributed by atoms with van der Waals surface area (Å²) < 4.78 is 5.39. The molecular weight excluding hydrogens is 344 g/mol. The van der Waals surface area contributed by atoms with Crippen molar-refractivity contribution in [2.75, 3.05) is 39.3 Å². The lowest BCUT2D eigenvalue weighted by atomic mass is 10.2. The highest BCUT2D eigenvalue weighted by atomic mass is 35.5. The van der Waals surface area contributed by atoms with Crippen LogP contribution in [0.15, 0.2) is 12.3 Å². The minimum absolute atomic E-state index is 0.151. The fourth-order valence-electron chi connectivity index (χ4n) is 2.58. The minimum atomic E-state index is -0.463. The van der Waals surface area contributed by atoms with Gasteiger partial charge in [0.2, 0.25) is 0 Å². The van der Waals surface area contributed by atoms with E-state index in [2.05, 4.69) is 15.2 Å². The molecule has 7 nitrogen and oxygen atoms in total. The molecule has 25 heavy (non-hydrogen) atoms. The van der Waals surface area contributed by atoms with E-state index in [0.29, 0.717) is 30.4 Å². The van der Waals surface area contributed by atoms with E-state index in [0.717, 1.165) is 26.1 Å². The summed E-state index contributed by atoms with van der Waals surface area (Å²) in [5.74, 6) is -0.151. The summed E-state index contributed by atoms with van der Waals surface area (Å²) in [5, 5.41) is 3.39. The maximum Gasteiger partial charge on any atom is 0.410 e. The first-order valence-corrected chi connectivity index (χ1v) is 8.95. The van der Waals surface area contributed by atoms with Gasteiger partial charge in [0.05, 0.1) is 5.02 Å². The zero-order valence-corrected chi connectivity index (χ0v) is 15.9.